The molecule has 4 nitrogen and oxygen atoms in total. The number of carbonyl (C=O) groups excluding carboxylic acids is 1. The molecule has 2 atom stereocenters. The highest BCUT2D eigenvalue weighted by Gasteiger charge is 2.29. The van der Waals surface area contributed by atoms with Gasteiger partial charge in [0.1, 0.15) is 11.6 Å². The maximum absolute atomic E-state index is 11.7. The van der Waals surface area contributed by atoms with Gasteiger partial charge in [-0.25, -0.2) is 0 Å². The molecule has 15 heavy (non-hydrogen) atoms. The third kappa shape index (κ3) is 4.18. The van der Waals surface area contributed by atoms with E-state index in [9.17, 15) is 4.79 Å². The van der Waals surface area contributed by atoms with E-state index in [1.54, 1.807) is 0 Å². The Morgan fingerprint density at radius 3 is 2.73 bits per heavy atom. The standard InChI is InChI=1S/C11H21NO3/c1-11(2,3)15-10(14)9-6-8(7-13)4-5-12-9/h8-9,12-13H,4-7H2,1-3H3. The van der Waals surface area contributed by atoms with Crippen molar-refractivity contribution < 1.29 is 14.6 Å². The van der Waals surface area contributed by atoms with Crippen molar-refractivity contribution in [2.75, 3.05) is 13.2 Å². The minimum atomic E-state index is -0.440. The highest BCUT2D eigenvalue weighted by molar-refractivity contribution is 5.76. The molecule has 0 amide bonds. The molecule has 4 heteroatoms. The fourth-order valence-corrected chi connectivity index (χ4v) is 1.71. The molecule has 1 fully saturated rings. The van der Waals surface area contributed by atoms with Gasteiger partial charge in [0.25, 0.3) is 0 Å². The number of piperidine rings is 1. The van der Waals surface area contributed by atoms with E-state index in [2.05, 4.69) is 5.32 Å². The van der Waals surface area contributed by atoms with Crippen LogP contribution in [0.15, 0.2) is 0 Å². The third-order valence-corrected chi connectivity index (χ3v) is 2.46. The van der Waals surface area contributed by atoms with Gasteiger partial charge in [-0.3, -0.25) is 4.79 Å². The Morgan fingerprint density at radius 1 is 1.53 bits per heavy atom. The van der Waals surface area contributed by atoms with Crippen LogP contribution < -0.4 is 5.32 Å². The first kappa shape index (κ1) is 12.5. The average Bonchev–Trinajstić information content (AvgIpc) is 2.15. The van der Waals surface area contributed by atoms with Crippen LogP contribution in [-0.4, -0.2) is 35.9 Å². The van der Waals surface area contributed by atoms with Crippen LogP contribution in [0.4, 0.5) is 0 Å². The summed E-state index contributed by atoms with van der Waals surface area (Å²) in [5, 5.41) is 12.2. The molecule has 2 unspecified atom stereocenters. The molecular weight excluding hydrogens is 194 g/mol. The highest BCUT2D eigenvalue weighted by Crippen LogP contribution is 2.18. The topological polar surface area (TPSA) is 58.6 Å². The summed E-state index contributed by atoms with van der Waals surface area (Å²) in [6.07, 6.45) is 1.60. The minimum absolute atomic E-state index is 0.154. The smallest absolute Gasteiger partial charge is 0.323 e. The second kappa shape index (κ2) is 4.94. The number of hydrogen-bond acceptors (Lipinski definition) is 4. The van der Waals surface area contributed by atoms with Crippen molar-refractivity contribution in [2.24, 2.45) is 5.92 Å². The Labute approximate surface area is 91.0 Å². The molecule has 0 saturated carbocycles. The molecule has 0 bridgehead atoms. The van der Waals surface area contributed by atoms with E-state index in [4.69, 9.17) is 9.84 Å². The Balaban J connectivity index is 2.45. The van der Waals surface area contributed by atoms with Crippen molar-refractivity contribution in [3.05, 3.63) is 0 Å². The number of esters is 1. The largest absolute Gasteiger partial charge is 0.459 e. The van der Waals surface area contributed by atoms with Crippen molar-refractivity contribution in [1.29, 1.82) is 0 Å². The fourth-order valence-electron chi connectivity index (χ4n) is 1.71. The molecule has 0 aliphatic carbocycles. The van der Waals surface area contributed by atoms with Crippen LogP contribution in [0.2, 0.25) is 0 Å². The van der Waals surface area contributed by atoms with E-state index in [0.717, 1.165) is 13.0 Å². The predicted molar refractivity (Wildman–Crippen MR) is 57.4 cm³/mol. The van der Waals surface area contributed by atoms with Crippen LogP contribution >= 0.6 is 0 Å². The number of ether oxygens (including phenoxy) is 1. The van der Waals surface area contributed by atoms with Crippen LogP contribution in [0, 0.1) is 5.92 Å². The number of hydrogen-bond donors (Lipinski definition) is 2. The third-order valence-electron chi connectivity index (χ3n) is 2.46. The highest BCUT2D eigenvalue weighted by atomic mass is 16.6. The number of aliphatic hydroxyl groups is 1. The monoisotopic (exact) mass is 215 g/mol. The minimum Gasteiger partial charge on any atom is -0.459 e. The number of rotatable bonds is 2. The summed E-state index contributed by atoms with van der Waals surface area (Å²) in [5.41, 5.74) is -0.440. The predicted octanol–water partition coefficient (Wildman–Crippen LogP) is 0.689. The molecule has 0 aromatic carbocycles. The van der Waals surface area contributed by atoms with Gasteiger partial charge < -0.3 is 15.2 Å². The molecule has 1 aliphatic rings. The molecule has 0 radical (unpaired) electrons. The zero-order chi connectivity index (χ0) is 11.5. The Morgan fingerprint density at radius 2 is 2.20 bits per heavy atom. The van der Waals surface area contributed by atoms with Crippen molar-refractivity contribution in [1.82, 2.24) is 5.32 Å². The van der Waals surface area contributed by atoms with E-state index in [1.807, 2.05) is 20.8 Å². The van der Waals surface area contributed by atoms with Gasteiger partial charge in [0.2, 0.25) is 0 Å². The van der Waals surface area contributed by atoms with E-state index in [-0.39, 0.29) is 24.5 Å². The van der Waals surface area contributed by atoms with E-state index >= 15 is 0 Å². The lowest BCUT2D eigenvalue weighted by Crippen LogP contribution is -2.46. The molecule has 1 aliphatic heterocycles. The van der Waals surface area contributed by atoms with E-state index in [1.165, 1.54) is 0 Å². The summed E-state index contributed by atoms with van der Waals surface area (Å²) in [6, 6.07) is -0.255. The van der Waals surface area contributed by atoms with Crippen LogP contribution in [0.5, 0.6) is 0 Å². The zero-order valence-corrected chi connectivity index (χ0v) is 9.75. The van der Waals surface area contributed by atoms with Gasteiger partial charge in [-0.1, -0.05) is 0 Å². The second-order valence-corrected chi connectivity index (χ2v) is 5.11. The maximum atomic E-state index is 11.7. The van der Waals surface area contributed by atoms with Crippen LogP contribution in [0.3, 0.4) is 0 Å². The first-order chi connectivity index (χ1) is 6.92. The van der Waals surface area contributed by atoms with Gasteiger partial charge in [0, 0.05) is 6.61 Å². The number of carbonyl (C=O) groups is 1. The van der Waals surface area contributed by atoms with Crippen LogP contribution in [0.1, 0.15) is 33.6 Å². The molecule has 0 aromatic heterocycles. The molecule has 0 spiro atoms. The molecular formula is C11H21NO3. The van der Waals surface area contributed by atoms with Crippen molar-refractivity contribution in [3.8, 4) is 0 Å². The molecule has 88 valence electrons. The first-order valence-corrected chi connectivity index (χ1v) is 5.49. The summed E-state index contributed by atoms with van der Waals surface area (Å²) in [4.78, 5) is 11.7. The van der Waals surface area contributed by atoms with Gasteiger partial charge >= 0.3 is 5.97 Å². The summed E-state index contributed by atoms with van der Waals surface area (Å²) in [7, 11) is 0. The van der Waals surface area contributed by atoms with Crippen molar-refractivity contribution in [2.45, 2.75) is 45.3 Å². The van der Waals surface area contributed by atoms with Gasteiger partial charge in [0.05, 0.1) is 0 Å². The van der Waals surface area contributed by atoms with Crippen LogP contribution in [0.25, 0.3) is 0 Å². The normalized spacial score (nSPS) is 27.5. The Bertz CT molecular complexity index is 222. The SMILES string of the molecule is CC(C)(C)OC(=O)C1CC(CO)CCN1. The average molecular weight is 215 g/mol. The lowest BCUT2D eigenvalue weighted by Gasteiger charge is -2.30. The van der Waals surface area contributed by atoms with E-state index in [0.29, 0.717) is 6.42 Å². The summed E-state index contributed by atoms with van der Waals surface area (Å²) >= 11 is 0. The Kier molecular flexibility index (Phi) is 4.11. The van der Waals surface area contributed by atoms with Gasteiger partial charge in [-0.05, 0) is 46.1 Å². The molecule has 2 N–H and O–H groups in total. The van der Waals surface area contributed by atoms with E-state index < -0.39 is 5.60 Å². The van der Waals surface area contributed by atoms with Gasteiger partial charge in [-0.15, -0.1) is 0 Å². The van der Waals surface area contributed by atoms with Gasteiger partial charge in [0.15, 0.2) is 0 Å². The quantitative estimate of drug-likeness (QED) is 0.665. The molecule has 1 saturated heterocycles. The first-order valence-electron chi connectivity index (χ1n) is 5.49. The van der Waals surface area contributed by atoms with Crippen molar-refractivity contribution in [3.63, 3.8) is 0 Å². The molecule has 1 heterocycles. The second-order valence-electron chi connectivity index (χ2n) is 5.11. The maximum Gasteiger partial charge on any atom is 0.323 e. The number of nitrogens with one attached hydrogen (secondary N) is 1. The van der Waals surface area contributed by atoms with Crippen molar-refractivity contribution >= 4 is 5.97 Å². The summed E-state index contributed by atoms with van der Waals surface area (Å²) in [6.45, 7) is 6.50. The lowest BCUT2D eigenvalue weighted by atomic mass is 9.93. The fraction of sp³-hybridized carbons (Fsp3) is 0.909. The van der Waals surface area contributed by atoms with Crippen LogP contribution in [-0.2, 0) is 9.53 Å². The summed E-state index contributed by atoms with van der Waals surface area (Å²) < 4.78 is 5.29. The summed E-state index contributed by atoms with van der Waals surface area (Å²) in [5.74, 6) is 0.0180. The zero-order valence-electron chi connectivity index (χ0n) is 9.75. The molecule has 0 aromatic rings. The number of aliphatic hydroxyl groups excluding tert-OH is 1. The van der Waals surface area contributed by atoms with Gasteiger partial charge in [-0.2, -0.15) is 0 Å². The molecule has 1 rings (SSSR count). The lowest BCUT2D eigenvalue weighted by molar-refractivity contribution is -0.158. The Hall–Kier alpha value is -0.610.